The summed E-state index contributed by atoms with van der Waals surface area (Å²) in [5, 5.41) is 13.9. The van der Waals surface area contributed by atoms with Crippen molar-refractivity contribution in [2.75, 3.05) is 13.1 Å². The standard InChI is InChI=1S/C4H12N2.CH2O3/c5-3-1-2-4-6;2-1(3)4/h1-6H2;(H2,2,3,4). The highest BCUT2D eigenvalue weighted by Crippen LogP contribution is 1.77. The van der Waals surface area contributed by atoms with Crippen molar-refractivity contribution in [3.8, 4) is 0 Å². The fraction of sp³-hybridized carbons (Fsp3) is 0.800. The Morgan fingerprint density at radius 3 is 1.40 bits per heavy atom. The average Bonchev–Trinajstić information content (AvgIpc) is 1.82. The van der Waals surface area contributed by atoms with Gasteiger partial charge in [0.15, 0.2) is 0 Å². The summed E-state index contributed by atoms with van der Waals surface area (Å²) in [6.45, 7) is 1.55. The van der Waals surface area contributed by atoms with Gasteiger partial charge in [-0.2, -0.15) is 0 Å². The topological polar surface area (TPSA) is 110 Å². The molecule has 0 aromatic rings. The Bertz CT molecular complexity index is 69.3. The Morgan fingerprint density at radius 1 is 1.10 bits per heavy atom. The zero-order chi connectivity index (χ0) is 8.41. The van der Waals surface area contributed by atoms with Gasteiger partial charge < -0.3 is 21.7 Å². The molecule has 0 unspecified atom stereocenters. The van der Waals surface area contributed by atoms with Crippen LogP contribution in [-0.4, -0.2) is 29.5 Å². The first-order valence-corrected chi connectivity index (χ1v) is 2.97. The van der Waals surface area contributed by atoms with Gasteiger partial charge >= 0.3 is 6.16 Å². The van der Waals surface area contributed by atoms with Gasteiger partial charge in [0.25, 0.3) is 0 Å². The van der Waals surface area contributed by atoms with Crippen molar-refractivity contribution in [3.63, 3.8) is 0 Å². The van der Waals surface area contributed by atoms with Gasteiger partial charge in [0.1, 0.15) is 0 Å². The van der Waals surface area contributed by atoms with E-state index in [0.717, 1.165) is 25.9 Å². The van der Waals surface area contributed by atoms with E-state index in [9.17, 15) is 0 Å². The average molecular weight is 150 g/mol. The van der Waals surface area contributed by atoms with E-state index < -0.39 is 6.16 Å². The molecule has 0 heterocycles. The number of nitrogens with two attached hydrogens (primary N) is 2. The summed E-state index contributed by atoms with van der Waals surface area (Å²) in [6.07, 6.45) is 0.299. The van der Waals surface area contributed by atoms with Crippen molar-refractivity contribution >= 4 is 6.16 Å². The molecule has 10 heavy (non-hydrogen) atoms. The molecule has 5 heteroatoms. The van der Waals surface area contributed by atoms with Crippen molar-refractivity contribution < 1.29 is 15.0 Å². The Balaban J connectivity index is 0. The molecule has 0 bridgehead atoms. The minimum atomic E-state index is -1.83. The predicted octanol–water partition coefficient (Wildman–Crippen LogP) is -0.0936. The number of hydrogen-bond donors (Lipinski definition) is 4. The smallest absolute Gasteiger partial charge is 0.450 e. The Hall–Kier alpha value is -0.810. The number of unbranched alkanes of at least 4 members (excludes halogenated alkanes) is 1. The maximum atomic E-state index is 8.56. The van der Waals surface area contributed by atoms with E-state index in [1.165, 1.54) is 0 Å². The van der Waals surface area contributed by atoms with Gasteiger partial charge in [-0.25, -0.2) is 4.79 Å². The van der Waals surface area contributed by atoms with E-state index in [1.54, 1.807) is 0 Å². The Morgan fingerprint density at radius 2 is 1.30 bits per heavy atom. The first-order chi connectivity index (χ1) is 4.65. The summed E-state index contributed by atoms with van der Waals surface area (Å²) in [5.74, 6) is 0. The minimum Gasteiger partial charge on any atom is -0.450 e. The zero-order valence-corrected chi connectivity index (χ0v) is 5.79. The third-order valence-electron chi connectivity index (χ3n) is 0.658. The molecule has 0 rings (SSSR count). The lowest BCUT2D eigenvalue weighted by Gasteiger charge is -1.87. The monoisotopic (exact) mass is 150 g/mol. The summed E-state index contributed by atoms with van der Waals surface area (Å²) in [6, 6.07) is 0. The van der Waals surface area contributed by atoms with Crippen LogP contribution in [0.4, 0.5) is 4.79 Å². The summed E-state index contributed by atoms with van der Waals surface area (Å²) in [7, 11) is 0. The molecule has 0 saturated carbocycles. The van der Waals surface area contributed by atoms with Gasteiger partial charge in [-0.3, -0.25) is 0 Å². The van der Waals surface area contributed by atoms with Crippen LogP contribution in [-0.2, 0) is 0 Å². The maximum Gasteiger partial charge on any atom is 0.503 e. The fourth-order valence-corrected chi connectivity index (χ4v) is 0.289. The van der Waals surface area contributed by atoms with Crippen LogP contribution in [0.15, 0.2) is 0 Å². The molecule has 0 aliphatic carbocycles. The molecule has 0 saturated heterocycles. The van der Waals surface area contributed by atoms with Crippen molar-refractivity contribution in [2.45, 2.75) is 12.8 Å². The van der Waals surface area contributed by atoms with E-state index in [0.29, 0.717) is 0 Å². The van der Waals surface area contributed by atoms with Gasteiger partial charge in [-0.1, -0.05) is 0 Å². The molecule has 0 aliphatic rings. The van der Waals surface area contributed by atoms with Crippen LogP contribution in [0.25, 0.3) is 0 Å². The van der Waals surface area contributed by atoms with E-state index in [4.69, 9.17) is 26.5 Å². The highest BCUT2D eigenvalue weighted by molar-refractivity contribution is 5.53. The molecular weight excluding hydrogens is 136 g/mol. The Labute approximate surface area is 59.6 Å². The quantitative estimate of drug-likeness (QED) is 0.420. The molecule has 0 fully saturated rings. The van der Waals surface area contributed by atoms with Gasteiger partial charge in [-0.15, -0.1) is 0 Å². The molecule has 62 valence electrons. The first kappa shape index (κ1) is 11.9. The summed E-state index contributed by atoms with van der Waals surface area (Å²) in [5.41, 5.74) is 10.3. The molecule has 0 aromatic heterocycles. The SMILES string of the molecule is NCCCCN.O=C(O)O. The highest BCUT2D eigenvalue weighted by Gasteiger charge is 1.75. The van der Waals surface area contributed by atoms with Crippen LogP contribution in [0.1, 0.15) is 12.8 Å². The van der Waals surface area contributed by atoms with Crippen molar-refractivity contribution in [2.24, 2.45) is 11.5 Å². The van der Waals surface area contributed by atoms with Crippen LogP contribution < -0.4 is 11.5 Å². The molecule has 0 aliphatic heterocycles. The summed E-state index contributed by atoms with van der Waals surface area (Å²) >= 11 is 0. The number of carboxylic acid groups (broad SMARTS) is 2. The predicted molar refractivity (Wildman–Crippen MR) is 38.0 cm³/mol. The normalized spacial score (nSPS) is 7.80. The number of hydrogen-bond acceptors (Lipinski definition) is 3. The lowest BCUT2D eigenvalue weighted by Crippen LogP contribution is -2.03. The van der Waals surface area contributed by atoms with Gasteiger partial charge in [0, 0.05) is 0 Å². The van der Waals surface area contributed by atoms with Crippen LogP contribution in [0.2, 0.25) is 0 Å². The second-order valence-corrected chi connectivity index (χ2v) is 1.57. The lowest BCUT2D eigenvalue weighted by molar-refractivity contribution is 0.137. The number of carbonyl (C=O) groups is 1. The summed E-state index contributed by atoms with van der Waals surface area (Å²) in [4.78, 5) is 8.56. The van der Waals surface area contributed by atoms with Gasteiger partial charge in [0.2, 0.25) is 0 Å². The largest absolute Gasteiger partial charge is 0.503 e. The van der Waals surface area contributed by atoms with Crippen molar-refractivity contribution in [3.05, 3.63) is 0 Å². The third-order valence-corrected chi connectivity index (χ3v) is 0.658. The number of rotatable bonds is 3. The molecule has 0 radical (unpaired) electrons. The first-order valence-electron chi connectivity index (χ1n) is 2.97. The van der Waals surface area contributed by atoms with Crippen LogP contribution in [0, 0.1) is 0 Å². The maximum absolute atomic E-state index is 8.56. The minimum absolute atomic E-state index is 0.775. The van der Waals surface area contributed by atoms with Gasteiger partial charge in [0.05, 0.1) is 0 Å². The van der Waals surface area contributed by atoms with Crippen LogP contribution in [0.5, 0.6) is 0 Å². The zero-order valence-electron chi connectivity index (χ0n) is 5.79. The second-order valence-electron chi connectivity index (χ2n) is 1.57. The molecular formula is C5H14N2O3. The molecule has 0 amide bonds. The van der Waals surface area contributed by atoms with Crippen LogP contribution >= 0.6 is 0 Å². The van der Waals surface area contributed by atoms with Crippen molar-refractivity contribution in [1.29, 1.82) is 0 Å². The molecule has 0 aromatic carbocycles. The van der Waals surface area contributed by atoms with E-state index in [-0.39, 0.29) is 0 Å². The molecule has 6 N–H and O–H groups in total. The van der Waals surface area contributed by atoms with Crippen LogP contribution in [0.3, 0.4) is 0 Å². The summed E-state index contributed by atoms with van der Waals surface area (Å²) < 4.78 is 0. The van der Waals surface area contributed by atoms with E-state index in [1.807, 2.05) is 0 Å². The van der Waals surface area contributed by atoms with Crippen molar-refractivity contribution in [1.82, 2.24) is 0 Å². The van der Waals surface area contributed by atoms with Gasteiger partial charge in [-0.05, 0) is 25.9 Å². The fourth-order valence-electron chi connectivity index (χ4n) is 0.289. The van der Waals surface area contributed by atoms with E-state index in [2.05, 4.69) is 0 Å². The third kappa shape index (κ3) is 57.4. The molecule has 0 spiro atoms. The lowest BCUT2D eigenvalue weighted by atomic mass is 10.3. The van der Waals surface area contributed by atoms with E-state index >= 15 is 0 Å². The second kappa shape index (κ2) is 11.0. The molecule has 5 nitrogen and oxygen atoms in total. The molecule has 0 atom stereocenters. The highest BCUT2D eigenvalue weighted by atomic mass is 16.6. The Kier molecular flexibility index (Phi) is 13.2.